The molecular weight excluding hydrogens is 454 g/mol. The molecule has 0 atom stereocenters. The van der Waals surface area contributed by atoms with Crippen LogP contribution in [0, 0.1) is 11.6 Å². The van der Waals surface area contributed by atoms with E-state index in [4.69, 9.17) is 0 Å². The largest absolute Gasteiger partial charge is 0.354 e. The number of hydrogen-bond acceptors (Lipinski definition) is 4. The molecule has 1 N–H and O–H groups in total. The third kappa shape index (κ3) is 4.49. The summed E-state index contributed by atoms with van der Waals surface area (Å²) < 4.78 is 54.9. The van der Waals surface area contributed by atoms with Crippen molar-refractivity contribution in [3.05, 3.63) is 83.9 Å². The predicted octanol–water partition coefficient (Wildman–Crippen LogP) is 4.19. The number of hydrogen-bond donors (Lipinski definition) is 1. The number of carbonyl (C=O) groups is 1. The zero-order chi connectivity index (χ0) is 22.7. The molecule has 32 heavy (non-hydrogen) atoms. The lowest BCUT2D eigenvalue weighted by Gasteiger charge is -2.31. The molecular formula is C23H20F2N2O3S2. The number of anilines is 1. The lowest BCUT2D eigenvalue weighted by Crippen LogP contribution is -2.43. The van der Waals surface area contributed by atoms with E-state index in [1.54, 1.807) is 36.4 Å². The smallest absolute Gasteiger partial charge is 0.265 e. The van der Waals surface area contributed by atoms with Gasteiger partial charge in [0.05, 0.1) is 10.6 Å². The van der Waals surface area contributed by atoms with Gasteiger partial charge < -0.3 is 5.32 Å². The number of thioether (sulfide) groups is 1. The highest BCUT2D eigenvalue weighted by Crippen LogP contribution is 2.42. The van der Waals surface area contributed by atoms with Crippen LogP contribution >= 0.6 is 11.8 Å². The number of fused-ring (bicyclic) bond motifs is 3. The van der Waals surface area contributed by atoms with E-state index < -0.39 is 28.3 Å². The quantitative estimate of drug-likeness (QED) is 0.522. The zero-order valence-electron chi connectivity index (χ0n) is 16.9. The second kappa shape index (κ2) is 9.30. The molecule has 0 bridgehead atoms. The first-order valence-corrected chi connectivity index (χ1v) is 12.5. The first-order chi connectivity index (χ1) is 15.4. The summed E-state index contributed by atoms with van der Waals surface area (Å²) in [4.78, 5) is 12.5. The monoisotopic (exact) mass is 474 g/mol. The van der Waals surface area contributed by atoms with E-state index in [1.165, 1.54) is 42.1 Å². The van der Waals surface area contributed by atoms with Gasteiger partial charge in [-0.25, -0.2) is 17.2 Å². The molecule has 9 heteroatoms. The molecule has 0 radical (unpaired) electrons. The number of nitrogens with one attached hydrogen (secondary N) is 1. The Balaban J connectivity index is 1.42. The van der Waals surface area contributed by atoms with Gasteiger partial charge >= 0.3 is 0 Å². The molecule has 166 valence electrons. The summed E-state index contributed by atoms with van der Waals surface area (Å²) in [5, 5.41) is 2.70. The summed E-state index contributed by atoms with van der Waals surface area (Å²) in [5.74, 6) is -0.227. The average molecular weight is 475 g/mol. The van der Waals surface area contributed by atoms with Crippen LogP contribution in [0.4, 0.5) is 14.5 Å². The summed E-state index contributed by atoms with van der Waals surface area (Å²) in [7, 11) is -3.98. The zero-order valence-corrected chi connectivity index (χ0v) is 18.6. The van der Waals surface area contributed by atoms with Crippen molar-refractivity contribution in [2.45, 2.75) is 10.6 Å². The second-order valence-electron chi connectivity index (χ2n) is 7.16. The standard InChI is InChI=1S/C23H20F2N2O3S2/c24-17-9-10-21-19(13-17)18-6-2-4-8-22(18)32(29,30)27(21)14-23(28)26-11-12-31-15-16-5-1-3-7-20(16)25/h1-10,13H,11-12,14-15H2,(H,26,28). The molecule has 0 fully saturated rings. The highest BCUT2D eigenvalue weighted by molar-refractivity contribution is 7.98. The number of rotatable bonds is 7. The summed E-state index contributed by atoms with van der Waals surface area (Å²) in [6.07, 6.45) is 0. The van der Waals surface area contributed by atoms with E-state index in [1.807, 2.05) is 0 Å². The number of nitrogens with zero attached hydrogens (tertiary/aromatic N) is 1. The molecule has 0 saturated heterocycles. The molecule has 4 rings (SSSR count). The van der Waals surface area contributed by atoms with E-state index in [0.717, 1.165) is 4.31 Å². The van der Waals surface area contributed by atoms with Crippen LogP contribution in [-0.2, 0) is 20.6 Å². The van der Waals surface area contributed by atoms with Crippen molar-refractivity contribution in [1.29, 1.82) is 0 Å². The Hall–Kier alpha value is -2.91. The molecule has 3 aromatic carbocycles. The molecule has 1 aliphatic heterocycles. The molecule has 3 aromatic rings. The lowest BCUT2D eigenvalue weighted by molar-refractivity contribution is -0.119. The number of benzene rings is 3. The van der Waals surface area contributed by atoms with Gasteiger partial charge in [-0.2, -0.15) is 11.8 Å². The Morgan fingerprint density at radius 1 is 0.969 bits per heavy atom. The maximum atomic E-state index is 13.9. The van der Waals surface area contributed by atoms with E-state index in [2.05, 4.69) is 5.32 Å². The topological polar surface area (TPSA) is 66.5 Å². The molecule has 0 unspecified atom stereocenters. The van der Waals surface area contributed by atoms with Crippen molar-refractivity contribution < 1.29 is 22.0 Å². The minimum atomic E-state index is -3.98. The molecule has 1 heterocycles. The first kappa shape index (κ1) is 22.3. The molecule has 0 saturated carbocycles. The fourth-order valence-electron chi connectivity index (χ4n) is 3.52. The molecule has 0 spiro atoms. The van der Waals surface area contributed by atoms with Gasteiger partial charge in [0.1, 0.15) is 18.2 Å². The van der Waals surface area contributed by atoms with Gasteiger partial charge in [-0.05, 0) is 35.9 Å². The van der Waals surface area contributed by atoms with Crippen LogP contribution in [-0.4, -0.2) is 33.2 Å². The van der Waals surface area contributed by atoms with Crippen LogP contribution in [0.25, 0.3) is 11.1 Å². The van der Waals surface area contributed by atoms with E-state index in [0.29, 0.717) is 34.7 Å². The van der Waals surface area contributed by atoms with Gasteiger partial charge in [-0.3, -0.25) is 9.10 Å². The third-order valence-electron chi connectivity index (χ3n) is 5.04. The van der Waals surface area contributed by atoms with Gasteiger partial charge in [0.25, 0.3) is 10.0 Å². The number of carbonyl (C=O) groups excluding carboxylic acids is 1. The first-order valence-electron chi connectivity index (χ1n) is 9.87. The SMILES string of the molecule is O=C(CN1c2ccc(F)cc2-c2ccccc2S1(=O)=O)NCCSCc1ccccc1F. The Morgan fingerprint density at radius 2 is 1.72 bits per heavy atom. The van der Waals surface area contributed by atoms with Gasteiger partial charge in [-0.15, -0.1) is 0 Å². The Labute approximate surface area is 189 Å². The van der Waals surface area contributed by atoms with Crippen LogP contribution in [0.3, 0.4) is 0 Å². The van der Waals surface area contributed by atoms with Crippen LogP contribution in [0.15, 0.2) is 71.6 Å². The molecule has 0 aromatic heterocycles. The summed E-state index contributed by atoms with van der Waals surface area (Å²) in [6, 6.07) is 16.7. The summed E-state index contributed by atoms with van der Waals surface area (Å²) >= 11 is 1.46. The van der Waals surface area contributed by atoms with Gasteiger partial charge in [-0.1, -0.05) is 36.4 Å². The van der Waals surface area contributed by atoms with Crippen molar-refractivity contribution in [3.63, 3.8) is 0 Å². The minimum Gasteiger partial charge on any atom is -0.354 e. The molecule has 0 aliphatic carbocycles. The fraction of sp³-hybridized carbons (Fsp3) is 0.174. The Morgan fingerprint density at radius 3 is 2.53 bits per heavy atom. The van der Waals surface area contributed by atoms with Crippen LogP contribution in [0.2, 0.25) is 0 Å². The minimum absolute atomic E-state index is 0.0337. The van der Waals surface area contributed by atoms with E-state index in [-0.39, 0.29) is 16.4 Å². The number of halogens is 2. The Bertz CT molecular complexity index is 1270. The second-order valence-corrected chi connectivity index (χ2v) is 10.1. The van der Waals surface area contributed by atoms with Crippen molar-refractivity contribution in [3.8, 4) is 11.1 Å². The van der Waals surface area contributed by atoms with Gasteiger partial charge in [0, 0.05) is 29.2 Å². The van der Waals surface area contributed by atoms with Crippen molar-refractivity contribution in [2.75, 3.05) is 23.1 Å². The van der Waals surface area contributed by atoms with Gasteiger partial charge in [0.15, 0.2) is 0 Å². The van der Waals surface area contributed by atoms with Crippen molar-refractivity contribution in [2.24, 2.45) is 0 Å². The number of amides is 1. The molecule has 5 nitrogen and oxygen atoms in total. The summed E-state index contributed by atoms with van der Waals surface area (Å²) in [6.45, 7) is -0.119. The van der Waals surface area contributed by atoms with Crippen LogP contribution in [0.5, 0.6) is 0 Å². The predicted molar refractivity (Wildman–Crippen MR) is 122 cm³/mol. The van der Waals surface area contributed by atoms with Crippen molar-refractivity contribution >= 4 is 33.4 Å². The molecule has 1 amide bonds. The van der Waals surface area contributed by atoms with E-state index >= 15 is 0 Å². The van der Waals surface area contributed by atoms with Crippen LogP contribution < -0.4 is 9.62 Å². The summed E-state index contributed by atoms with van der Waals surface area (Å²) in [5.41, 5.74) is 1.67. The maximum Gasteiger partial charge on any atom is 0.265 e. The number of sulfonamides is 1. The van der Waals surface area contributed by atoms with Gasteiger partial charge in [0.2, 0.25) is 5.91 Å². The highest BCUT2D eigenvalue weighted by atomic mass is 32.2. The molecule has 1 aliphatic rings. The van der Waals surface area contributed by atoms with Crippen LogP contribution in [0.1, 0.15) is 5.56 Å². The Kier molecular flexibility index (Phi) is 6.48. The van der Waals surface area contributed by atoms with Crippen molar-refractivity contribution in [1.82, 2.24) is 5.32 Å². The lowest BCUT2D eigenvalue weighted by atomic mass is 10.0. The van der Waals surface area contributed by atoms with E-state index in [9.17, 15) is 22.0 Å². The highest BCUT2D eigenvalue weighted by Gasteiger charge is 2.35. The maximum absolute atomic E-state index is 13.9. The average Bonchev–Trinajstić information content (AvgIpc) is 2.78. The normalized spacial score (nSPS) is 13.9. The fourth-order valence-corrected chi connectivity index (χ4v) is 6.01. The third-order valence-corrected chi connectivity index (χ3v) is 7.87.